The van der Waals surface area contributed by atoms with E-state index in [1.54, 1.807) is 42.2 Å². The second-order valence-electron chi connectivity index (χ2n) is 5.92. The number of aromatic nitrogens is 4. The lowest BCUT2D eigenvalue weighted by molar-refractivity contribution is 0.0979. The number of amides is 1. The number of aryl methyl sites for hydroxylation is 1. The molecule has 0 atom stereocenters. The van der Waals surface area contributed by atoms with Crippen molar-refractivity contribution in [1.82, 2.24) is 19.7 Å². The summed E-state index contributed by atoms with van der Waals surface area (Å²) in [6.07, 6.45) is 3.46. The van der Waals surface area contributed by atoms with Gasteiger partial charge in [-0.15, -0.1) is 0 Å². The summed E-state index contributed by atoms with van der Waals surface area (Å²) in [6, 6.07) is 13.0. The number of anilines is 1. The number of thiazole rings is 1. The van der Waals surface area contributed by atoms with E-state index in [9.17, 15) is 4.79 Å². The van der Waals surface area contributed by atoms with Crippen LogP contribution in [0, 0.1) is 0 Å². The highest BCUT2D eigenvalue weighted by Gasteiger charge is 2.24. The lowest BCUT2D eigenvalue weighted by Crippen LogP contribution is -2.31. The number of hydrogen-bond acceptors (Lipinski definition) is 6. The molecule has 4 aromatic rings. The fraction of sp³-hybridized carbons (Fsp3) is 0.158. The van der Waals surface area contributed by atoms with Crippen LogP contribution < -0.4 is 9.64 Å². The number of nitrogens with zero attached hydrogens (tertiary/aromatic N) is 5. The topological polar surface area (TPSA) is 73.1 Å². The highest BCUT2D eigenvalue weighted by atomic mass is 32.1. The molecular weight excluding hydrogens is 362 g/mol. The summed E-state index contributed by atoms with van der Waals surface area (Å²) in [6.45, 7) is 0.313. The third-order valence-corrected chi connectivity index (χ3v) is 5.08. The molecule has 0 aliphatic carbocycles. The van der Waals surface area contributed by atoms with Gasteiger partial charge in [-0.25, -0.2) is 4.98 Å². The summed E-state index contributed by atoms with van der Waals surface area (Å²) >= 11 is 1.44. The van der Waals surface area contributed by atoms with E-state index in [1.807, 2.05) is 36.4 Å². The van der Waals surface area contributed by atoms with Crippen LogP contribution >= 0.6 is 11.3 Å². The predicted molar refractivity (Wildman–Crippen MR) is 104 cm³/mol. The predicted octanol–water partition coefficient (Wildman–Crippen LogP) is 3.28. The minimum atomic E-state index is -0.215. The Morgan fingerprint density at radius 2 is 2.15 bits per heavy atom. The van der Waals surface area contributed by atoms with Gasteiger partial charge in [0.2, 0.25) is 0 Å². The van der Waals surface area contributed by atoms with Crippen LogP contribution in [0.5, 0.6) is 5.75 Å². The maximum Gasteiger partial charge on any atom is 0.280 e. The molecule has 27 heavy (non-hydrogen) atoms. The first-order valence-corrected chi connectivity index (χ1v) is 9.11. The Morgan fingerprint density at radius 1 is 1.26 bits per heavy atom. The van der Waals surface area contributed by atoms with Gasteiger partial charge in [0, 0.05) is 19.4 Å². The highest BCUT2D eigenvalue weighted by Crippen LogP contribution is 2.32. The van der Waals surface area contributed by atoms with Gasteiger partial charge in [-0.2, -0.15) is 5.10 Å². The number of fused-ring (bicyclic) bond motifs is 1. The second-order valence-corrected chi connectivity index (χ2v) is 6.93. The maximum absolute atomic E-state index is 13.1. The van der Waals surface area contributed by atoms with Crippen LogP contribution in [0.3, 0.4) is 0 Å². The lowest BCUT2D eigenvalue weighted by atomic mass is 10.3. The Balaban J connectivity index is 1.75. The van der Waals surface area contributed by atoms with Crippen molar-refractivity contribution >= 4 is 32.6 Å². The van der Waals surface area contributed by atoms with Crippen molar-refractivity contribution in [1.29, 1.82) is 0 Å². The number of carbonyl (C=O) groups excluding carboxylic acids is 1. The molecule has 0 aliphatic rings. The van der Waals surface area contributed by atoms with Gasteiger partial charge < -0.3 is 4.74 Å². The molecular formula is C19H17N5O2S. The van der Waals surface area contributed by atoms with E-state index in [2.05, 4.69) is 15.1 Å². The smallest absolute Gasteiger partial charge is 0.280 e. The Labute approximate surface area is 159 Å². The fourth-order valence-corrected chi connectivity index (χ4v) is 3.67. The monoisotopic (exact) mass is 379 g/mol. The molecule has 0 fully saturated rings. The molecule has 0 N–H and O–H groups in total. The van der Waals surface area contributed by atoms with Gasteiger partial charge in [0.15, 0.2) is 10.8 Å². The summed E-state index contributed by atoms with van der Waals surface area (Å²) in [5.41, 5.74) is 1.96. The second kappa shape index (κ2) is 7.16. The van der Waals surface area contributed by atoms with E-state index >= 15 is 0 Å². The number of methoxy groups -OCH3 is 1. The van der Waals surface area contributed by atoms with Crippen molar-refractivity contribution in [2.75, 3.05) is 12.0 Å². The maximum atomic E-state index is 13.1. The fourth-order valence-electron chi connectivity index (χ4n) is 2.68. The zero-order valence-electron chi connectivity index (χ0n) is 14.9. The Kier molecular flexibility index (Phi) is 4.55. The number of carbonyl (C=O) groups is 1. The first-order valence-electron chi connectivity index (χ1n) is 8.30. The van der Waals surface area contributed by atoms with Crippen LogP contribution in [0.15, 0.2) is 54.9 Å². The van der Waals surface area contributed by atoms with E-state index in [-0.39, 0.29) is 5.91 Å². The summed E-state index contributed by atoms with van der Waals surface area (Å²) in [5, 5.41) is 4.84. The molecule has 1 amide bonds. The molecule has 0 saturated heterocycles. The third-order valence-electron chi connectivity index (χ3n) is 4.04. The van der Waals surface area contributed by atoms with Crippen molar-refractivity contribution in [3.05, 3.63) is 66.2 Å². The molecule has 0 saturated carbocycles. The Hall–Kier alpha value is -3.26. The molecule has 0 bridgehead atoms. The molecule has 0 radical (unpaired) electrons. The summed E-state index contributed by atoms with van der Waals surface area (Å²) < 4.78 is 7.84. The van der Waals surface area contributed by atoms with E-state index in [0.717, 1.165) is 21.7 Å². The molecule has 7 nitrogen and oxygen atoms in total. The number of benzene rings is 1. The van der Waals surface area contributed by atoms with E-state index in [0.29, 0.717) is 17.4 Å². The average Bonchev–Trinajstić information content (AvgIpc) is 3.31. The number of ether oxygens (including phenoxy) is 1. The first-order chi connectivity index (χ1) is 13.1. The van der Waals surface area contributed by atoms with Gasteiger partial charge in [-0.3, -0.25) is 19.4 Å². The Morgan fingerprint density at radius 3 is 2.85 bits per heavy atom. The first kappa shape index (κ1) is 17.2. The van der Waals surface area contributed by atoms with E-state index < -0.39 is 0 Å². The zero-order valence-corrected chi connectivity index (χ0v) is 15.7. The van der Waals surface area contributed by atoms with E-state index in [1.165, 1.54) is 11.3 Å². The molecule has 0 unspecified atom stereocenters. The van der Waals surface area contributed by atoms with Crippen molar-refractivity contribution in [3.8, 4) is 5.75 Å². The molecule has 3 heterocycles. The normalized spacial score (nSPS) is 10.9. The van der Waals surface area contributed by atoms with Crippen LogP contribution in [0.1, 0.15) is 16.2 Å². The molecule has 0 spiro atoms. The summed E-state index contributed by atoms with van der Waals surface area (Å²) in [5.74, 6) is 0.539. The average molecular weight is 379 g/mol. The molecule has 1 aromatic carbocycles. The largest absolute Gasteiger partial charge is 0.497 e. The standard InChI is InChI=1S/C19H17N5O2S/c1-23-10-8-16(22-23)18(25)24(12-13-5-3-4-9-20-13)19-21-15-7-6-14(26-2)11-17(15)27-19/h3-11H,12H2,1-2H3. The van der Waals surface area contributed by atoms with Crippen molar-refractivity contribution in [2.45, 2.75) is 6.54 Å². The molecule has 3 aromatic heterocycles. The van der Waals surface area contributed by atoms with Gasteiger partial charge in [0.25, 0.3) is 5.91 Å². The van der Waals surface area contributed by atoms with Gasteiger partial charge in [-0.1, -0.05) is 17.4 Å². The molecule has 8 heteroatoms. The zero-order chi connectivity index (χ0) is 18.8. The van der Waals surface area contributed by atoms with Crippen LogP contribution in [0.4, 0.5) is 5.13 Å². The quantitative estimate of drug-likeness (QED) is 0.532. The number of rotatable bonds is 5. The van der Waals surface area contributed by atoms with Crippen LogP contribution in [0.2, 0.25) is 0 Å². The van der Waals surface area contributed by atoms with Gasteiger partial charge in [-0.05, 0) is 36.4 Å². The third kappa shape index (κ3) is 3.52. The van der Waals surface area contributed by atoms with Gasteiger partial charge >= 0.3 is 0 Å². The van der Waals surface area contributed by atoms with Crippen molar-refractivity contribution < 1.29 is 9.53 Å². The van der Waals surface area contributed by atoms with Crippen molar-refractivity contribution in [2.24, 2.45) is 7.05 Å². The van der Waals surface area contributed by atoms with E-state index in [4.69, 9.17) is 4.74 Å². The van der Waals surface area contributed by atoms with Crippen LogP contribution in [-0.4, -0.2) is 32.8 Å². The number of hydrogen-bond donors (Lipinski definition) is 0. The minimum absolute atomic E-state index is 0.215. The summed E-state index contributed by atoms with van der Waals surface area (Å²) in [7, 11) is 3.41. The molecule has 0 aliphatic heterocycles. The Bertz CT molecular complexity index is 1090. The SMILES string of the molecule is COc1ccc2nc(N(Cc3ccccn3)C(=O)c3ccn(C)n3)sc2c1. The van der Waals surface area contributed by atoms with Crippen molar-refractivity contribution in [3.63, 3.8) is 0 Å². The number of pyridine rings is 1. The molecule has 4 rings (SSSR count). The van der Waals surface area contributed by atoms with Crippen LogP contribution in [0.25, 0.3) is 10.2 Å². The minimum Gasteiger partial charge on any atom is -0.497 e. The van der Waals surface area contributed by atoms with Gasteiger partial charge in [0.05, 0.1) is 29.6 Å². The highest BCUT2D eigenvalue weighted by molar-refractivity contribution is 7.22. The molecule has 136 valence electrons. The summed E-state index contributed by atoms with van der Waals surface area (Å²) in [4.78, 5) is 23.7. The lowest BCUT2D eigenvalue weighted by Gasteiger charge is -2.18. The van der Waals surface area contributed by atoms with Gasteiger partial charge in [0.1, 0.15) is 5.75 Å². The van der Waals surface area contributed by atoms with Crippen LogP contribution in [-0.2, 0) is 13.6 Å².